The van der Waals surface area contributed by atoms with E-state index >= 15 is 0 Å². The Kier molecular flexibility index (Phi) is 61.4. The summed E-state index contributed by atoms with van der Waals surface area (Å²) < 4.78 is 16.8. The third-order valence-corrected chi connectivity index (χ3v) is 13.1. The van der Waals surface area contributed by atoms with E-state index in [-0.39, 0.29) is 31.6 Å². The molecular formula is C73H116O6. The van der Waals surface area contributed by atoms with Crippen molar-refractivity contribution in [1.29, 1.82) is 0 Å². The zero-order valence-corrected chi connectivity index (χ0v) is 50.8. The number of hydrogen-bond donors (Lipinski definition) is 0. The van der Waals surface area contributed by atoms with Crippen LogP contribution in [0.4, 0.5) is 0 Å². The molecule has 0 saturated carbocycles. The van der Waals surface area contributed by atoms with Crippen molar-refractivity contribution >= 4 is 17.9 Å². The fraction of sp³-hybridized carbons (Fsp3) is 0.603. The molecule has 0 aromatic heterocycles. The minimum absolute atomic E-state index is 0.0883. The Balaban J connectivity index is 4.41. The minimum Gasteiger partial charge on any atom is -0.462 e. The summed E-state index contributed by atoms with van der Waals surface area (Å²) in [5.41, 5.74) is 0. The first-order chi connectivity index (χ1) is 39.0. The Morgan fingerprint density at radius 2 is 0.532 bits per heavy atom. The van der Waals surface area contributed by atoms with Crippen molar-refractivity contribution in [2.45, 2.75) is 271 Å². The first kappa shape index (κ1) is 74.0. The normalized spacial score (nSPS) is 13.2. The minimum atomic E-state index is -0.845. The van der Waals surface area contributed by atoms with E-state index in [1.807, 2.05) is 6.08 Å². The molecular weight excluding hydrogens is 973 g/mol. The molecule has 0 aromatic carbocycles. The molecule has 0 aromatic rings. The molecule has 0 fully saturated rings. The lowest BCUT2D eigenvalue weighted by molar-refractivity contribution is -0.166. The maximum absolute atomic E-state index is 12.8. The van der Waals surface area contributed by atoms with Crippen LogP contribution in [0.1, 0.15) is 265 Å². The molecule has 0 radical (unpaired) electrons. The lowest BCUT2D eigenvalue weighted by atomic mass is 10.0. The SMILES string of the molecule is CC/C=C\C/C=C\C/C=C\C/C=C\C/C=C\C/C=C\C/C=C\C/C=C\CCCCCCCCC(=O)OCC(COC(=O)CCCCCCCCCCCCCCCCC)OC(=O)C/C=C\C/C=C\C/C=C\C/C=C\C/C=C\CC. The van der Waals surface area contributed by atoms with E-state index < -0.39 is 12.1 Å². The molecule has 0 rings (SSSR count). The van der Waals surface area contributed by atoms with Gasteiger partial charge in [0.15, 0.2) is 6.10 Å². The summed E-state index contributed by atoms with van der Waals surface area (Å²) in [7, 11) is 0. The predicted octanol–water partition coefficient (Wildman–Crippen LogP) is 22.1. The maximum atomic E-state index is 12.8. The number of allylic oxidation sites excluding steroid dienone is 25. The fourth-order valence-corrected chi connectivity index (χ4v) is 8.36. The molecule has 0 N–H and O–H groups in total. The van der Waals surface area contributed by atoms with Crippen molar-refractivity contribution < 1.29 is 28.6 Å². The van der Waals surface area contributed by atoms with Crippen LogP contribution in [0.3, 0.4) is 0 Å². The molecule has 0 amide bonds. The monoisotopic (exact) mass is 1090 g/mol. The zero-order chi connectivity index (χ0) is 57.1. The van der Waals surface area contributed by atoms with Crippen LogP contribution in [-0.2, 0) is 28.6 Å². The Morgan fingerprint density at radius 1 is 0.278 bits per heavy atom. The largest absolute Gasteiger partial charge is 0.462 e. The number of esters is 3. The van der Waals surface area contributed by atoms with E-state index in [2.05, 4.69) is 167 Å². The lowest BCUT2D eigenvalue weighted by Crippen LogP contribution is -2.30. The van der Waals surface area contributed by atoms with Crippen molar-refractivity contribution in [1.82, 2.24) is 0 Å². The van der Waals surface area contributed by atoms with Gasteiger partial charge in [-0.2, -0.15) is 0 Å². The second-order valence-electron chi connectivity index (χ2n) is 20.6. The van der Waals surface area contributed by atoms with E-state index in [9.17, 15) is 14.4 Å². The van der Waals surface area contributed by atoms with Gasteiger partial charge in [0, 0.05) is 12.8 Å². The van der Waals surface area contributed by atoms with Crippen LogP contribution < -0.4 is 0 Å². The van der Waals surface area contributed by atoms with Gasteiger partial charge < -0.3 is 14.2 Å². The average Bonchev–Trinajstić information content (AvgIpc) is 3.45. The summed E-state index contributed by atoms with van der Waals surface area (Å²) >= 11 is 0. The summed E-state index contributed by atoms with van der Waals surface area (Å²) in [6, 6.07) is 0. The molecule has 0 bridgehead atoms. The van der Waals surface area contributed by atoms with Gasteiger partial charge >= 0.3 is 17.9 Å². The Hall–Kier alpha value is -4.97. The number of hydrogen-bond acceptors (Lipinski definition) is 6. The second kappa shape index (κ2) is 65.5. The molecule has 6 nitrogen and oxygen atoms in total. The molecule has 0 aliphatic rings. The Bertz CT molecular complexity index is 1780. The van der Waals surface area contributed by atoms with Gasteiger partial charge in [-0.05, 0) is 109 Å². The predicted molar refractivity (Wildman–Crippen MR) is 343 cm³/mol. The quantitative estimate of drug-likeness (QED) is 0.0261. The second-order valence-corrected chi connectivity index (χ2v) is 20.6. The summed E-state index contributed by atoms with van der Waals surface area (Å²) in [4.78, 5) is 38.2. The molecule has 0 heterocycles. The summed E-state index contributed by atoms with van der Waals surface area (Å²) in [5.74, 6) is -1.07. The Labute approximate surface area is 486 Å². The van der Waals surface area contributed by atoms with Crippen LogP contribution in [-0.4, -0.2) is 37.2 Å². The average molecular weight is 1090 g/mol. The molecule has 6 heteroatoms. The summed E-state index contributed by atoms with van der Waals surface area (Å²) in [5, 5.41) is 0. The molecule has 0 saturated heterocycles. The topological polar surface area (TPSA) is 78.9 Å². The highest BCUT2D eigenvalue weighted by Crippen LogP contribution is 2.15. The number of carbonyl (C=O) groups is 3. The summed E-state index contributed by atoms with van der Waals surface area (Å²) in [6.07, 6.45) is 95.6. The Morgan fingerprint density at radius 3 is 0.835 bits per heavy atom. The molecule has 0 spiro atoms. The molecule has 0 aliphatic heterocycles. The van der Waals surface area contributed by atoms with Crippen LogP contribution in [0.15, 0.2) is 158 Å². The van der Waals surface area contributed by atoms with Crippen LogP contribution in [0.5, 0.6) is 0 Å². The van der Waals surface area contributed by atoms with E-state index in [0.29, 0.717) is 19.3 Å². The smallest absolute Gasteiger partial charge is 0.310 e. The lowest BCUT2D eigenvalue weighted by Gasteiger charge is -2.18. The number of unbranched alkanes of at least 4 members (excludes halogenated alkanes) is 20. The van der Waals surface area contributed by atoms with Crippen LogP contribution in [0.25, 0.3) is 0 Å². The van der Waals surface area contributed by atoms with E-state index in [0.717, 1.165) is 128 Å². The van der Waals surface area contributed by atoms with Gasteiger partial charge in [0.05, 0.1) is 6.42 Å². The van der Waals surface area contributed by atoms with Gasteiger partial charge in [-0.1, -0.05) is 294 Å². The first-order valence-electron chi connectivity index (χ1n) is 32.0. The number of carbonyl (C=O) groups excluding carboxylic acids is 3. The highest BCUT2D eigenvalue weighted by Gasteiger charge is 2.19. The standard InChI is InChI=1S/C73H116O6/c1-4-7-10-13-16-19-22-25-28-29-30-31-32-33-34-35-36-37-38-39-40-41-42-43-46-48-51-54-57-60-63-66-72(75)78-69-70(79-73(76)67-64-61-58-55-52-49-45-27-24-21-18-15-12-9-6-3)68-77-71(74)65-62-59-56-53-50-47-44-26-23-20-17-14-11-8-5-2/h7,9-10,12,16,18-19,21,25,27-28,30-31,33-34,36-37,39-40,42-43,45,52,55,61,64,70H,4-6,8,11,13-15,17,20,22-24,26,29,32,35,38,41,44,46-51,53-54,56-60,62-63,65-69H2,1-3H3/b10-7-,12-9-,19-16-,21-18-,28-25-,31-30-,34-33-,37-36-,40-39-,43-42-,45-27-,55-52-,64-61-. The molecule has 79 heavy (non-hydrogen) atoms. The van der Waals surface area contributed by atoms with Gasteiger partial charge in [-0.25, -0.2) is 0 Å². The van der Waals surface area contributed by atoms with Crippen molar-refractivity contribution in [3.63, 3.8) is 0 Å². The number of rotatable bonds is 56. The van der Waals surface area contributed by atoms with Crippen LogP contribution >= 0.6 is 0 Å². The van der Waals surface area contributed by atoms with Gasteiger partial charge in [0.25, 0.3) is 0 Å². The van der Waals surface area contributed by atoms with Gasteiger partial charge in [0.2, 0.25) is 0 Å². The van der Waals surface area contributed by atoms with Crippen molar-refractivity contribution in [2.75, 3.05) is 13.2 Å². The third kappa shape index (κ3) is 63.7. The van der Waals surface area contributed by atoms with Crippen molar-refractivity contribution in [3.05, 3.63) is 158 Å². The van der Waals surface area contributed by atoms with E-state index in [1.54, 1.807) is 6.08 Å². The van der Waals surface area contributed by atoms with Crippen molar-refractivity contribution in [2.24, 2.45) is 0 Å². The number of ether oxygens (including phenoxy) is 3. The van der Waals surface area contributed by atoms with Gasteiger partial charge in [-0.15, -0.1) is 0 Å². The highest BCUT2D eigenvalue weighted by molar-refractivity contribution is 5.72. The maximum Gasteiger partial charge on any atom is 0.310 e. The zero-order valence-electron chi connectivity index (χ0n) is 50.8. The molecule has 1 atom stereocenters. The van der Waals surface area contributed by atoms with Crippen LogP contribution in [0.2, 0.25) is 0 Å². The third-order valence-electron chi connectivity index (χ3n) is 13.1. The summed E-state index contributed by atoms with van der Waals surface area (Å²) in [6.45, 7) is 6.32. The van der Waals surface area contributed by atoms with Crippen molar-refractivity contribution in [3.8, 4) is 0 Å². The van der Waals surface area contributed by atoms with Crippen LogP contribution in [0, 0.1) is 0 Å². The molecule has 0 aliphatic carbocycles. The van der Waals surface area contributed by atoms with Gasteiger partial charge in [-0.3, -0.25) is 14.4 Å². The molecule has 1 unspecified atom stereocenters. The van der Waals surface area contributed by atoms with Gasteiger partial charge in [0.1, 0.15) is 13.2 Å². The van der Waals surface area contributed by atoms with E-state index in [1.165, 1.54) is 89.9 Å². The first-order valence-corrected chi connectivity index (χ1v) is 32.0. The molecule has 444 valence electrons. The fourth-order valence-electron chi connectivity index (χ4n) is 8.36. The van der Waals surface area contributed by atoms with E-state index in [4.69, 9.17) is 14.2 Å². The highest BCUT2D eigenvalue weighted by atomic mass is 16.6.